The number of nitrogens with zero attached hydrogens (tertiary/aromatic N) is 1. The van der Waals surface area contributed by atoms with Gasteiger partial charge in [0.05, 0.1) is 13.2 Å². The van der Waals surface area contributed by atoms with Crippen LogP contribution in [-0.4, -0.2) is 36.5 Å². The normalized spacial score (nSPS) is 14.3. The number of nitrogens with one attached hydrogen (secondary N) is 1. The Balaban J connectivity index is 1.60. The summed E-state index contributed by atoms with van der Waals surface area (Å²) < 4.78 is 11.2. The first-order chi connectivity index (χ1) is 17.4. The average Bonchev–Trinajstić information content (AvgIpc) is 3.30. The Kier molecular flexibility index (Phi) is 7.93. The molecular weight excluding hydrogens is 452 g/mol. The molecule has 6 heteroatoms. The first-order valence-electron chi connectivity index (χ1n) is 12.4. The van der Waals surface area contributed by atoms with E-state index < -0.39 is 0 Å². The van der Waals surface area contributed by atoms with Gasteiger partial charge >= 0.3 is 0 Å². The van der Waals surface area contributed by atoms with Crippen LogP contribution in [0.1, 0.15) is 58.9 Å². The molecule has 1 N–H and O–H groups in total. The van der Waals surface area contributed by atoms with E-state index in [0.717, 1.165) is 18.4 Å². The number of carbonyl (C=O) groups is 2. The molecule has 0 heterocycles. The molecule has 4 rings (SSSR count). The van der Waals surface area contributed by atoms with E-state index in [1.807, 2.05) is 24.8 Å². The lowest BCUT2D eigenvalue weighted by atomic mass is 10.0. The van der Waals surface area contributed by atoms with E-state index in [1.165, 1.54) is 23.8 Å². The summed E-state index contributed by atoms with van der Waals surface area (Å²) in [5.41, 5.74) is 5.29. The number of hydrogen-bond acceptors (Lipinski definition) is 4. The van der Waals surface area contributed by atoms with Crippen molar-refractivity contribution in [2.24, 2.45) is 0 Å². The van der Waals surface area contributed by atoms with Crippen LogP contribution in [0, 0.1) is 6.92 Å². The van der Waals surface area contributed by atoms with Gasteiger partial charge in [0.2, 0.25) is 0 Å². The number of rotatable bonds is 9. The minimum absolute atomic E-state index is 0.00310. The summed E-state index contributed by atoms with van der Waals surface area (Å²) in [5.74, 6) is 0.556. The van der Waals surface area contributed by atoms with E-state index in [9.17, 15) is 9.59 Å². The molecule has 3 aromatic rings. The van der Waals surface area contributed by atoms with Crippen molar-refractivity contribution in [3.63, 3.8) is 0 Å². The van der Waals surface area contributed by atoms with Gasteiger partial charge in [-0.05, 0) is 68.5 Å². The topological polar surface area (TPSA) is 67.9 Å². The SMILES string of the molecule is COc1cc(C(=O)N(Cc2ccc(C)cc2)C2CCc3ccccc32)ccc1OCC(=O)NC(C)C. The van der Waals surface area contributed by atoms with Crippen molar-refractivity contribution in [2.75, 3.05) is 13.7 Å². The highest BCUT2D eigenvalue weighted by Crippen LogP contribution is 2.38. The molecule has 0 radical (unpaired) electrons. The summed E-state index contributed by atoms with van der Waals surface area (Å²) in [6, 6.07) is 21.8. The maximum atomic E-state index is 13.9. The highest BCUT2D eigenvalue weighted by molar-refractivity contribution is 5.95. The Hall–Kier alpha value is -3.80. The standard InChI is InChI=1S/C30H34N2O4/c1-20(2)31-29(33)19-36-27-16-14-24(17-28(27)35-4)30(34)32(18-22-11-9-21(3)10-12-22)26-15-13-23-7-5-6-8-25(23)26/h5-12,14,16-17,20,26H,13,15,18-19H2,1-4H3,(H,31,33). The maximum absolute atomic E-state index is 13.9. The quantitative estimate of drug-likeness (QED) is 0.449. The van der Waals surface area contributed by atoms with Gasteiger partial charge in [-0.25, -0.2) is 0 Å². The van der Waals surface area contributed by atoms with Gasteiger partial charge in [0, 0.05) is 18.2 Å². The molecule has 0 saturated carbocycles. The number of methoxy groups -OCH3 is 1. The molecule has 6 nitrogen and oxygen atoms in total. The zero-order valence-electron chi connectivity index (χ0n) is 21.4. The van der Waals surface area contributed by atoms with Gasteiger partial charge in [-0.3, -0.25) is 9.59 Å². The molecule has 1 aliphatic rings. The van der Waals surface area contributed by atoms with E-state index in [-0.39, 0.29) is 30.5 Å². The lowest BCUT2D eigenvalue weighted by Gasteiger charge is -2.30. The molecule has 0 aromatic heterocycles. The van der Waals surface area contributed by atoms with Crippen LogP contribution in [0.3, 0.4) is 0 Å². The largest absolute Gasteiger partial charge is 0.493 e. The van der Waals surface area contributed by atoms with E-state index in [1.54, 1.807) is 18.2 Å². The van der Waals surface area contributed by atoms with Gasteiger partial charge < -0.3 is 19.7 Å². The fourth-order valence-corrected chi connectivity index (χ4v) is 4.66. The second kappa shape index (κ2) is 11.3. The maximum Gasteiger partial charge on any atom is 0.258 e. The summed E-state index contributed by atoms with van der Waals surface area (Å²) in [4.78, 5) is 27.9. The van der Waals surface area contributed by atoms with Crippen LogP contribution >= 0.6 is 0 Å². The molecular formula is C30H34N2O4. The molecule has 0 spiro atoms. The van der Waals surface area contributed by atoms with Crippen LogP contribution < -0.4 is 14.8 Å². The third kappa shape index (κ3) is 5.88. The predicted molar refractivity (Wildman–Crippen MR) is 140 cm³/mol. The summed E-state index contributed by atoms with van der Waals surface area (Å²) in [5, 5.41) is 2.80. The summed E-state index contributed by atoms with van der Waals surface area (Å²) in [7, 11) is 1.53. The van der Waals surface area contributed by atoms with Gasteiger partial charge in [-0.1, -0.05) is 54.1 Å². The molecule has 0 fully saturated rings. The van der Waals surface area contributed by atoms with Crippen LogP contribution in [-0.2, 0) is 17.8 Å². The summed E-state index contributed by atoms with van der Waals surface area (Å²) >= 11 is 0. The van der Waals surface area contributed by atoms with Crippen molar-refractivity contribution in [3.05, 3.63) is 94.5 Å². The molecule has 2 amide bonds. The zero-order chi connectivity index (χ0) is 25.7. The predicted octanol–water partition coefficient (Wildman–Crippen LogP) is 5.24. The Bertz CT molecular complexity index is 1220. The van der Waals surface area contributed by atoms with Gasteiger partial charge in [0.25, 0.3) is 11.8 Å². The molecule has 188 valence electrons. The molecule has 36 heavy (non-hydrogen) atoms. The minimum Gasteiger partial charge on any atom is -0.493 e. The second-order valence-electron chi connectivity index (χ2n) is 9.55. The third-order valence-electron chi connectivity index (χ3n) is 6.43. The molecule has 0 bridgehead atoms. The van der Waals surface area contributed by atoms with Crippen LogP contribution in [0.15, 0.2) is 66.7 Å². The van der Waals surface area contributed by atoms with Crippen molar-refractivity contribution in [2.45, 2.75) is 52.2 Å². The Labute approximate surface area is 213 Å². The first kappa shape index (κ1) is 25.3. The Morgan fingerprint density at radius 1 is 1.03 bits per heavy atom. The van der Waals surface area contributed by atoms with E-state index in [4.69, 9.17) is 9.47 Å². The summed E-state index contributed by atoms with van der Waals surface area (Å²) in [6.45, 7) is 6.23. The highest BCUT2D eigenvalue weighted by Gasteiger charge is 2.32. The van der Waals surface area contributed by atoms with E-state index in [0.29, 0.717) is 23.6 Å². The molecule has 1 aliphatic carbocycles. The van der Waals surface area contributed by atoms with Crippen LogP contribution in [0.4, 0.5) is 0 Å². The van der Waals surface area contributed by atoms with Crippen molar-refractivity contribution in [1.82, 2.24) is 10.2 Å². The lowest BCUT2D eigenvalue weighted by molar-refractivity contribution is -0.123. The average molecular weight is 487 g/mol. The first-order valence-corrected chi connectivity index (χ1v) is 12.4. The number of aryl methyl sites for hydroxylation is 2. The molecule has 3 aromatic carbocycles. The zero-order valence-corrected chi connectivity index (χ0v) is 21.4. The monoisotopic (exact) mass is 486 g/mol. The summed E-state index contributed by atoms with van der Waals surface area (Å²) in [6.07, 6.45) is 1.84. The number of amides is 2. The minimum atomic E-state index is -0.212. The van der Waals surface area contributed by atoms with Crippen molar-refractivity contribution in [1.29, 1.82) is 0 Å². The number of hydrogen-bond donors (Lipinski definition) is 1. The number of fused-ring (bicyclic) bond motifs is 1. The van der Waals surface area contributed by atoms with Gasteiger partial charge in [0.15, 0.2) is 18.1 Å². The number of carbonyl (C=O) groups excluding carboxylic acids is 2. The fourth-order valence-electron chi connectivity index (χ4n) is 4.66. The third-order valence-corrected chi connectivity index (χ3v) is 6.43. The molecule has 1 unspecified atom stereocenters. The molecule has 1 atom stereocenters. The number of benzene rings is 3. The lowest BCUT2D eigenvalue weighted by Crippen LogP contribution is -2.34. The van der Waals surface area contributed by atoms with Gasteiger partial charge in [-0.2, -0.15) is 0 Å². The molecule has 0 saturated heterocycles. The Morgan fingerprint density at radius 3 is 2.50 bits per heavy atom. The van der Waals surface area contributed by atoms with Crippen LogP contribution in [0.25, 0.3) is 0 Å². The van der Waals surface area contributed by atoms with E-state index in [2.05, 4.69) is 54.7 Å². The molecule has 0 aliphatic heterocycles. The second-order valence-corrected chi connectivity index (χ2v) is 9.55. The van der Waals surface area contributed by atoms with Gasteiger partial charge in [-0.15, -0.1) is 0 Å². The van der Waals surface area contributed by atoms with E-state index >= 15 is 0 Å². The Morgan fingerprint density at radius 2 is 1.78 bits per heavy atom. The van der Waals surface area contributed by atoms with Crippen molar-refractivity contribution in [3.8, 4) is 11.5 Å². The number of ether oxygens (including phenoxy) is 2. The highest BCUT2D eigenvalue weighted by atomic mass is 16.5. The van der Waals surface area contributed by atoms with Crippen molar-refractivity contribution >= 4 is 11.8 Å². The van der Waals surface area contributed by atoms with Crippen LogP contribution in [0.5, 0.6) is 11.5 Å². The van der Waals surface area contributed by atoms with Gasteiger partial charge in [0.1, 0.15) is 0 Å². The van der Waals surface area contributed by atoms with Crippen molar-refractivity contribution < 1.29 is 19.1 Å². The van der Waals surface area contributed by atoms with Crippen LogP contribution in [0.2, 0.25) is 0 Å². The fraction of sp³-hybridized carbons (Fsp3) is 0.333. The smallest absolute Gasteiger partial charge is 0.258 e.